The van der Waals surface area contributed by atoms with E-state index in [4.69, 9.17) is 0 Å². The van der Waals surface area contributed by atoms with Gasteiger partial charge in [-0.05, 0) is 67.5 Å². The summed E-state index contributed by atoms with van der Waals surface area (Å²) in [5.41, 5.74) is 4.90. The molecular weight excluding hydrogens is 327 g/mol. The van der Waals surface area contributed by atoms with Crippen LogP contribution in [0.1, 0.15) is 48.8 Å². The molecule has 2 aromatic rings. The van der Waals surface area contributed by atoms with Crippen LogP contribution in [0, 0.1) is 25.6 Å². The van der Waals surface area contributed by atoms with Crippen molar-refractivity contribution in [1.82, 2.24) is 0 Å². The van der Waals surface area contributed by atoms with Gasteiger partial charge in [0.2, 0.25) is 5.91 Å². The number of carbonyl (C=O) groups is 1. The van der Waals surface area contributed by atoms with E-state index < -0.39 is 0 Å². The van der Waals surface area contributed by atoms with E-state index in [-0.39, 0.29) is 11.7 Å². The molecule has 1 aliphatic carbocycles. The van der Waals surface area contributed by atoms with E-state index in [1.54, 1.807) is 6.07 Å². The third kappa shape index (κ3) is 4.84. The van der Waals surface area contributed by atoms with Gasteiger partial charge >= 0.3 is 0 Å². The van der Waals surface area contributed by atoms with Crippen molar-refractivity contribution in [3.8, 4) is 0 Å². The molecule has 0 atom stereocenters. The minimum atomic E-state index is -0.248. The number of hydrogen-bond donors (Lipinski definition) is 2. The maximum atomic E-state index is 13.3. The summed E-state index contributed by atoms with van der Waals surface area (Å²) in [5.74, 6) is 0.418. The van der Waals surface area contributed by atoms with Crippen molar-refractivity contribution in [1.29, 1.82) is 0 Å². The summed E-state index contributed by atoms with van der Waals surface area (Å²) in [7, 11) is 0. The summed E-state index contributed by atoms with van der Waals surface area (Å²) < 4.78 is 13.3. The van der Waals surface area contributed by atoms with Crippen LogP contribution < -0.4 is 10.6 Å². The van der Waals surface area contributed by atoms with Crippen molar-refractivity contribution in [2.45, 2.75) is 52.5 Å². The first-order valence-electron chi connectivity index (χ1n) is 9.40. The SMILES string of the molecule is Cc1cc(CNc2cccc(F)c2)cc(C)c1NC(=O)CC1CCCC1. The molecule has 3 rings (SSSR count). The van der Waals surface area contributed by atoms with Crippen molar-refractivity contribution in [2.24, 2.45) is 5.92 Å². The molecule has 2 aromatic carbocycles. The van der Waals surface area contributed by atoms with Crippen LogP contribution >= 0.6 is 0 Å². The zero-order chi connectivity index (χ0) is 18.5. The molecule has 1 aliphatic rings. The Morgan fingerprint density at radius 2 is 1.81 bits per heavy atom. The van der Waals surface area contributed by atoms with Gasteiger partial charge in [-0.3, -0.25) is 4.79 Å². The first kappa shape index (κ1) is 18.4. The standard InChI is InChI=1S/C22H27FN2O/c1-15-10-18(14-24-20-9-5-8-19(23)13-20)11-16(2)22(15)25-21(26)12-17-6-3-4-7-17/h5,8-11,13,17,24H,3-4,6-7,12,14H2,1-2H3,(H,25,26). The minimum Gasteiger partial charge on any atom is -0.381 e. The van der Waals surface area contributed by atoms with Crippen molar-refractivity contribution >= 4 is 17.3 Å². The van der Waals surface area contributed by atoms with E-state index >= 15 is 0 Å². The smallest absolute Gasteiger partial charge is 0.224 e. The minimum absolute atomic E-state index is 0.119. The highest BCUT2D eigenvalue weighted by atomic mass is 19.1. The lowest BCUT2D eigenvalue weighted by Crippen LogP contribution is -2.17. The molecule has 1 fully saturated rings. The van der Waals surface area contributed by atoms with Crippen LogP contribution in [0.4, 0.5) is 15.8 Å². The Morgan fingerprint density at radius 1 is 1.12 bits per heavy atom. The van der Waals surface area contributed by atoms with Crippen molar-refractivity contribution < 1.29 is 9.18 Å². The van der Waals surface area contributed by atoms with Gasteiger partial charge in [-0.25, -0.2) is 4.39 Å². The van der Waals surface area contributed by atoms with Gasteiger partial charge < -0.3 is 10.6 Å². The van der Waals surface area contributed by atoms with E-state index in [1.165, 1.54) is 37.8 Å². The highest BCUT2D eigenvalue weighted by Gasteiger charge is 2.19. The highest BCUT2D eigenvalue weighted by molar-refractivity contribution is 5.92. The molecule has 0 saturated heterocycles. The van der Waals surface area contributed by atoms with Crippen molar-refractivity contribution in [3.63, 3.8) is 0 Å². The summed E-state index contributed by atoms with van der Waals surface area (Å²) >= 11 is 0. The molecule has 0 aromatic heterocycles. The second-order valence-corrected chi connectivity index (χ2v) is 7.37. The number of carbonyl (C=O) groups excluding carboxylic acids is 1. The van der Waals surface area contributed by atoms with Gasteiger partial charge in [0.1, 0.15) is 5.82 Å². The summed E-state index contributed by atoms with van der Waals surface area (Å²) in [6.45, 7) is 4.65. The van der Waals surface area contributed by atoms with Crippen LogP contribution in [-0.2, 0) is 11.3 Å². The molecule has 0 bridgehead atoms. The lowest BCUT2D eigenvalue weighted by atomic mass is 10.0. The normalized spacial score (nSPS) is 14.4. The molecule has 0 unspecified atom stereocenters. The van der Waals surface area contributed by atoms with Gasteiger partial charge in [-0.1, -0.05) is 31.0 Å². The van der Waals surface area contributed by atoms with E-state index in [0.717, 1.165) is 28.1 Å². The van der Waals surface area contributed by atoms with Gasteiger partial charge in [0.15, 0.2) is 0 Å². The zero-order valence-electron chi connectivity index (χ0n) is 15.6. The Bertz CT molecular complexity index is 758. The van der Waals surface area contributed by atoms with Crippen LogP contribution in [0.15, 0.2) is 36.4 Å². The van der Waals surface area contributed by atoms with E-state index in [9.17, 15) is 9.18 Å². The van der Waals surface area contributed by atoms with E-state index in [1.807, 2.05) is 19.9 Å². The second-order valence-electron chi connectivity index (χ2n) is 7.37. The fraction of sp³-hybridized carbons (Fsp3) is 0.409. The van der Waals surface area contributed by atoms with Crippen LogP contribution in [-0.4, -0.2) is 5.91 Å². The Morgan fingerprint density at radius 3 is 2.46 bits per heavy atom. The maximum Gasteiger partial charge on any atom is 0.224 e. The number of aryl methyl sites for hydroxylation is 2. The van der Waals surface area contributed by atoms with Gasteiger partial charge in [-0.2, -0.15) is 0 Å². The molecule has 0 aliphatic heterocycles. The molecule has 0 spiro atoms. The van der Waals surface area contributed by atoms with Crippen molar-refractivity contribution in [3.05, 3.63) is 58.9 Å². The predicted octanol–water partition coefficient (Wildman–Crippen LogP) is 5.57. The van der Waals surface area contributed by atoms with Gasteiger partial charge in [0.25, 0.3) is 0 Å². The Hall–Kier alpha value is -2.36. The maximum absolute atomic E-state index is 13.3. The largest absolute Gasteiger partial charge is 0.381 e. The lowest BCUT2D eigenvalue weighted by molar-refractivity contribution is -0.117. The van der Waals surface area contributed by atoms with Crippen LogP contribution in [0.5, 0.6) is 0 Å². The molecule has 0 radical (unpaired) electrons. The predicted molar refractivity (Wildman–Crippen MR) is 105 cm³/mol. The second kappa shape index (κ2) is 8.35. The molecule has 26 heavy (non-hydrogen) atoms. The Labute approximate surface area is 155 Å². The van der Waals surface area contributed by atoms with Gasteiger partial charge in [0.05, 0.1) is 0 Å². The molecule has 2 N–H and O–H groups in total. The van der Waals surface area contributed by atoms with E-state index in [2.05, 4.69) is 22.8 Å². The molecule has 3 nitrogen and oxygen atoms in total. The number of hydrogen-bond acceptors (Lipinski definition) is 2. The fourth-order valence-corrected chi connectivity index (χ4v) is 3.82. The fourth-order valence-electron chi connectivity index (χ4n) is 3.82. The summed E-state index contributed by atoms with van der Waals surface area (Å²) in [4.78, 5) is 12.3. The molecular formula is C22H27FN2O. The van der Waals surface area contributed by atoms with Crippen LogP contribution in [0.25, 0.3) is 0 Å². The number of benzene rings is 2. The number of nitrogens with one attached hydrogen (secondary N) is 2. The summed E-state index contributed by atoms with van der Waals surface area (Å²) in [5, 5.41) is 6.34. The summed E-state index contributed by atoms with van der Waals surface area (Å²) in [6.07, 6.45) is 5.49. The highest BCUT2D eigenvalue weighted by Crippen LogP contribution is 2.29. The van der Waals surface area contributed by atoms with Crippen molar-refractivity contribution in [2.75, 3.05) is 10.6 Å². The van der Waals surface area contributed by atoms with Gasteiger partial charge in [-0.15, -0.1) is 0 Å². The number of anilines is 2. The molecule has 1 saturated carbocycles. The molecule has 1 amide bonds. The third-order valence-corrected chi connectivity index (χ3v) is 5.13. The summed E-state index contributed by atoms with van der Waals surface area (Å²) in [6, 6.07) is 10.6. The van der Waals surface area contributed by atoms with Crippen LogP contribution in [0.2, 0.25) is 0 Å². The quantitative estimate of drug-likeness (QED) is 0.711. The monoisotopic (exact) mass is 354 g/mol. The molecule has 0 heterocycles. The molecule has 138 valence electrons. The molecule has 4 heteroatoms. The third-order valence-electron chi connectivity index (χ3n) is 5.13. The number of halogens is 1. The van der Waals surface area contributed by atoms with Gasteiger partial charge in [0, 0.05) is 24.3 Å². The number of rotatable bonds is 6. The first-order chi connectivity index (χ1) is 12.5. The Kier molecular flexibility index (Phi) is 5.92. The lowest BCUT2D eigenvalue weighted by Gasteiger charge is -2.16. The first-order valence-corrected chi connectivity index (χ1v) is 9.40. The number of amides is 1. The Balaban J connectivity index is 1.62. The van der Waals surface area contributed by atoms with Crippen LogP contribution in [0.3, 0.4) is 0 Å². The van der Waals surface area contributed by atoms with E-state index in [0.29, 0.717) is 18.9 Å². The zero-order valence-corrected chi connectivity index (χ0v) is 15.6. The average Bonchev–Trinajstić information content (AvgIpc) is 3.09. The topological polar surface area (TPSA) is 41.1 Å². The average molecular weight is 354 g/mol.